The van der Waals surface area contributed by atoms with E-state index in [0.29, 0.717) is 18.0 Å². The van der Waals surface area contributed by atoms with Gasteiger partial charge in [-0.3, -0.25) is 4.79 Å². The lowest BCUT2D eigenvalue weighted by Crippen LogP contribution is -2.25. The molecule has 0 fully saturated rings. The van der Waals surface area contributed by atoms with Crippen molar-refractivity contribution in [1.82, 2.24) is 10.3 Å². The summed E-state index contributed by atoms with van der Waals surface area (Å²) in [6.07, 6.45) is -2.56. The lowest BCUT2D eigenvalue weighted by atomic mass is 10.1. The molecule has 0 aliphatic rings. The molecule has 2 aromatic rings. The quantitative estimate of drug-likeness (QED) is 0.779. The van der Waals surface area contributed by atoms with Crippen molar-refractivity contribution in [3.8, 4) is 17.4 Å². The minimum atomic E-state index is -4.78. The highest BCUT2D eigenvalue weighted by molar-refractivity contribution is 5.93. The molecule has 1 aromatic carbocycles. The molecule has 5 nitrogen and oxygen atoms in total. The number of nitrogens with one attached hydrogen (secondary N) is 1. The molecule has 0 aliphatic heterocycles. The first-order valence-corrected chi connectivity index (χ1v) is 8.01. The molecule has 8 heteroatoms. The van der Waals surface area contributed by atoms with Crippen LogP contribution in [0.15, 0.2) is 42.6 Å². The molecule has 2 rings (SSSR count). The van der Waals surface area contributed by atoms with Crippen LogP contribution in [0.4, 0.5) is 13.2 Å². The van der Waals surface area contributed by atoms with Gasteiger partial charge in [0.2, 0.25) is 5.88 Å². The van der Waals surface area contributed by atoms with Gasteiger partial charge in [0.15, 0.2) is 0 Å². The number of rotatable bonds is 7. The average Bonchev–Trinajstić information content (AvgIpc) is 2.54. The zero-order valence-electron chi connectivity index (χ0n) is 14.3. The van der Waals surface area contributed by atoms with Gasteiger partial charge in [-0.25, -0.2) is 4.98 Å². The van der Waals surface area contributed by atoms with E-state index in [1.165, 1.54) is 36.5 Å². The smallest absolute Gasteiger partial charge is 0.439 e. The van der Waals surface area contributed by atoms with Crippen molar-refractivity contribution in [2.45, 2.75) is 26.6 Å². The van der Waals surface area contributed by atoms with E-state index in [2.05, 4.69) is 28.9 Å². The molecule has 0 unspecified atom stereocenters. The maximum atomic E-state index is 12.2. The molecule has 0 aliphatic carbocycles. The van der Waals surface area contributed by atoms with Gasteiger partial charge in [-0.05, 0) is 30.5 Å². The summed E-state index contributed by atoms with van der Waals surface area (Å²) in [4.78, 5) is 16.0. The maximum absolute atomic E-state index is 12.2. The molecular formula is C18H19F3N2O3. The molecule has 1 heterocycles. The van der Waals surface area contributed by atoms with Crippen molar-refractivity contribution in [2.24, 2.45) is 5.92 Å². The van der Waals surface area contributed by atoms with Crippen LogP contribution in [0.3, 0.4) is 0 Å². The van der Waals surface area contributed by atoms with E-state index in [1.54, 1.807) is 0 Å². The van der Waals surface area contributed by atoms with Crippen LogP contribution in [0.2, 0.25) is 0 Å². The molecule has 1 aromatic heterocycles. The van der Waals surface area contributed by atoms with E-state index in [-0.39, 0.29) is 17.5 Å². The molecule has 1 amide bonds. The zero-order chi connectivity index (χ0) is 19.2. The third kappa shape index (κ3) is 6.62. The first-order chi connectivity index (χ1) is 12.2. The topological polar surface area (TPSA) is 60.5 Å². The van der Waals surface area contributed by atoms with Crippen LogP contribution in [-0.4, -0.2) is 23.8 Å². The number of pyridine rings is 1. The highest BCUT2D eigenvalue weighted by Crippen LogP contribution is 2.28. The number of benzene rings is 1. The van der Waals surface area contributed by atoms with Gasteiger partial charge in [0.25, 0.3) is 5.91 Å². The number of amides is 1. The number of hydrogen-bond acceptors (Lipinski definition) is 4. The van der Waals surface area contributed by atoms with Crippen LogP contribution < -0.4 is 14.8 Å². The summed E-state index contributed by atoms with van der Waals surface area (Å²) in [5.74, 6) is 0.129. The van der Waals surface area contributed by atoms with Crippen LogP contribution in [-0.2, 0) is 0 Å². The normalized spacial score (nSPS) is 11.3. The Hall–Kier alpha value is -2.77. The van der Waals surface area contributed by atoms with E-state index in [9.17, 15) is 18.0 Å². The fourth-order valence-corrected chi connectivity index (χ4v) is 2.01. The van der Waals surface area contributed by atoms with E-state index < -0.39 is 12.1 Å². The Labute approximate surface area is 149 Å². The predicted octanol–water partition coefficient (Wildman–Crippen LogP) is 4.55. The highest BCUT2D eigenvalue weighted by Gasteiger charge is 2.31. The van der Waals surface area contributed by atoms with Gasteiger partial charge in [-0.15, -0.1) is 13.2 Å². The Balaban J connectivity index is 1.97. The predicted molar refractivity (Wildman–Crippen MR) is 89.2 cm³/mol. The van der Waals surface area contributed by atoms with E-state index in [4.69, 9.17) is 4.74 Å². The lowest BCUT2D eigenvalue weighted by molar-refractivity contribution is -0.274. The standard InChI is InChI=1S/C18H19F3N2O3/c1-12(2)8-9-22-17(24)13-6-7-16(23-11-13)25-14-4-3-5-15(10-14)26-18(19,20)21/h3-7,10-12H,8-9H2,1-2H3,(H,22,24). The van der Waals surface area contributed by atoms with Gasteiger partial charge in [-0.2, -0.15) is 0 Å². The Bertz CT molecular complexity index is 731. The maximum Gasteiger partial charge on any atom is 0.573 e. The molecule has 140 valence electrons. The van der Waals surface area contributed by atoms with E-state index in [0.717, 1.165) is 12.5 Å². The monoisotopic (exact) mass is 368 g/mol. The number of nitrogens with zero attached hydrogens (tertiary/aromatic N) is 1. The Morgan fingerprint density at radius 2 is 1.92 bits per heavy atom. The van der Waals surface area contributed by atoms with Crippen LogP contribution >= 0.6 is 0 Å². The molecule has 0 saturated heterocycles. The van der Waals surface area contributed by atoms with Gasteiger partial charge in [0, 0.05) is 24.9 Å². The molecule has 0 spiro atoms. The third-order valence-corrected chi connectivity index (χ3v) is 3.27. The summed E-state index contributed by atoms with van der Waals surface area (Å²) >= 11 is 0. The van der Waals surface area contributed by atoms with Crippen LogP contribution in [0.25, 0.3) is 0 Å². The van der Waals surface area contributed by atoms with Crippen LogP contribution in [0.1, 0.15) is 30.6 Å². The number of alkyl halides is 3. The second kappa shape index (κ2) is 8.55. The zero-order valence-corrected chi connectivity index (χ0v) is 14.3. The fraction of sp³-hybridized carbons (Fsp3) is 0.333. The summed E-state index contributed by atoms with van der Waals surface area (Å²) < 4.78 is 45.9. The summed E-state index contributed by atoms with van der Waals surface area (Å²) in [7, 11) is 0. The van der Waals surface area contributed by atoms with Crippen LogP contribution in [0, 0.1) is 5.92 Å². The van der Waals surface area contributed by atoms with Gasteiger partial charge in [0.1, 0.15) is 11.5 Å². The second-order valence-corrected chi connectivity index (χ2v) is 5.95. The second-order valence-electron chi connectivity index (χ2n) is 5.95. The summed E-state index contributed by atoms with van der Waals surface area (Å²) in [5, 5.41) is 2.79. The lowest BCUT2D eigenvalue weighted by Gasteiger charge is -2.10. The van der Waals surface area contributed by atoms with Gasteiger partial charge < -0.3 is 14.8 Å². The van der Waals surface area contributed by atoms with Gasteiger partial charge in [-0.1, -0.05) is 19.9 Å². The Kier molecular flexibility index (Phi) is 6.43. The van der Waals surface area contributed by atoms with E-state index >= 15 is 0 Å². The van der Waals surface area contributed by atoms with Crippen molar-refractivity contribution in [2.75, 3.05) is 6.54 Å². The van der Waals surface area contributed by atoms with Crippen molar-refractivity contribution in [1.29, 1.82) is 0 Å². The fourth-order valence-electron chi connectivity index (χ4n) is 2.01. The molecule has 1 N–H and O–H groups in total. The largest absolute Gasteiger partial charge is 0.573 e. The molecular weight excluding hydrogens is 349 g/mol. The van der Waals surface area contributed by atoms with Crippen molar-refractivity contribution in [3.05, 3.63) is 48.2 Å². The first-order valence-electron chi connectivity index (χ1n) is 8.01. The number of ether oxygens (including phenoxy) is 2. The molecule has 26 heavy (non-hydrogen) atoms. The minimum Gasteiger partial charge on any atom is -0.439 e. The number of carbonyl (C=O) groups is 1. The van der Waals surface area contributed by atoms with Crippen LogP contribution in [0.5, 0.6) is 17.4 Å². The molecule has 0 radical (unpaired) electrons. The summed E-state index contributed by atoms with van der Waals surface area (Å²) in [5.41, 5.74) is 0.371. The van der Waals surface area contributed by atoms with Gasteiger partial charge >= 0.3 is 6.36 Å². The first kappa shape index (κ1) is 19.6. The Morgan fingerprint density at radius 3 is 2.54 bits per heavy atom. The summed E-state index contributed by atoms with van der Waals surface area (Å²) in [6.45, 7) is 4.70. The molecule has 0 atom stereocenters. The average molecular weight is 368 g/mol. The van der Waals surface area contributed by atoms with E-state index in [1.807, 2.05) is 0 Å². The van der Waals surface area contributed by atoms with Crippen molar-refractivity contribution in [3.63, 3.8) is 0 Å². The summed E-state index contributed by atoms with van der Waals surface area (Å²) in [6, 6.07) is 8.10. The van der Waals surface area contributed by atoms with Gasteiger partial charge in [0.05, 0.1) is 5.56 Å². The highest BCUT2D eigenvalue weighted by atomic mass is 19.4. The number of hydrogen-bond donors (Lipinski definition) is 1. The Morgan fingerprint density at radius 1 is 1.19 bits per heavy atom. The van der Waals surface area contributed by atoms with Crippen molar-refractivity contribution >= 4 is 5.91 Å². The van der Waals surface area contributed by atoms with Crippen molar-refractivity contribution < 1.29 is 27.4 Å². The number of halogens is 3. The number of carbonyl (C=O) groups excluding carboxylic acids is 1. The number of aromatic nitrogens is 1. The third-order valence-electron chi connectivity index (χ3n) is 3.27. The SMILES string of the molecule is CC(C)CCNC(=O)c1ccc(Oc2cccc(OC(F)(F)F)c2)nc1. The molecule has 0 bridgehead atoms. The minimum absolute atomic E-state index is 0.133. The molecule has 0 saturated carbocycles.